The molecule has 25 heavy (non-hydrogen) atoms. The maximum atomic E-state index is 13.0. The number of likely N-dealkylation sites (tertiary alicyclic amines) is 1. The van der Waals surface area contributed by atoms with Gasteiger partial charge in [-0.15, -0.1) is 0 Å². The summed E-state index contributed by atoms with van der Waals surface area (Å²) in [5, 5.41) is 12.6. The molecule has 0 bridgehead atoms. The molecule has 2 saturated heterocycles. The van der Waals surface area contributed by atoms with Gasteiger partial charge in [0.15, 0.2) is 0 Å². The number of hydrazine groups is 1. The number of benzene rings is 1. The van der Waals surface area contributed by atoms with Crippen LogP contribution >= 0.6 is 0 Å². The van der Waals surface area contributed by atoms with Crippen molar-refractivity contribution in [1.82, 2.24) is 15.3 Å². The predicted molar refractivity (Wildman–Crippen MR) is 91.9 cm³/mol. The van der Waals surface area contributed by atoms with Crippen molar-refractivity contribution < 1.29 is 14.7 Å². The van der Waals surface area contributed by atoms with Gasteiger partial charge >= 0.3 is 0 Å². The van der Waals surface area contributed by atoms with Gasteiger partial charge < -0.3 is 10.0 Å². The minimum absolute atomic E-state index is 0.200. The molecular weight excluding hydrogens is 318 g/mol. The minimum Gasteiger partial charge on any atom is -0.366 e. The highest BCUT2D eigenvalue weighted by Crippen LogP contribution is 2.46. The Morgan fingerprint density at radius 2 is 1.88 bits per heavy atom. The third kappa shape index (κ3) is 2.55. The van der Waals surface area contributed by atoms with E-state index in [4.69, 9.17) is 0 Å². The fourth-order valence-corrected chi connectivity index (χ4v) is 4.71. The number of nitrogens with one attached hydrogen (secondary N) is 1. The molecule has 1 aliphatic carbocycles. The highest BCUT2D eigenvalue weighted by Gasteiger charge is 2.64. The van der Waals surface area contributed by atoms with Crippen LogP contribution in [0.5, 0.6) is 0 Å². The van der Waals surface area contributed by atoms with Crippen LogP contribution in [-0.2, 0) is 9.59 Å². The van der Waals surface area contributed by atoms with Crippen molar-refractivity contribution in [1.29, 1.82) is 0 Å². The lowest BCUT2D eigenvalue weighted by Crippen LogP contribution is -2.56. The van der Waals surface area contributed by atoms with E-state index in [2.05, 4.69) is 5.43 Å². The number of amides is 2. The fourth-order valence-electron chi connectivity index (χ4n) is 4.71. The van der Waals surface area contributed by atoms with Gasteiger partial charge in [0.2, 0.25) is 11.6 Å². The Morgan fingerprint density at radius 1 is 1.20 bits per heavy atom. The average Bonchev–Trinajstić information content (AvgIpc) is 3.07. The van der Waals surface area contributed by atoms with Crippen LogP contribution in [0, 0.1) is 5.92 Å². The summed E-state index contributed by atoms with van der Waals surface area (Å²) in [4.78, 5) is 27.0. The van der Waals surface area contributed by atoms with Gasteiger partial charge in [0.1, 0.15) is 0 Å². The summed E-state index contributed by atoms with van der Waals surface area (Å²) in [6.45, 7) is 1.94. The zero-order valence-corrected chi connectivity index (χ0v) is 14.5. The molecule has 134 valence electrons. The third-order valence-electron chi connectivity index (χ3n) is 5.96. The zero-order chi connectivity index (χ0) is 17.6. The molecule has 1 aromatic rings. The highest BCUT2D eigenvalue weighted by molar-refractivity contribution is 5.89. The van der Waals surface area contributed by atoms with E-state index in [9.17, 15) is 14.7 Å². The molecule has 2 amide bonds. The second-order valence-electron chi connectivity index (χ2n) is 7.48. The monoisotopic (exact) mass is 343 g/mol. The lowest BCUT2D eigenvalue weighted by Gasteiger charge is -2.34. The summed E-state index contributed by atoms with van der Waals surface area (Å²) in [5.74, 6) is -0.851. The normalized spacial score (nSPS) is 33.0. The Labute approximate surface area is 147 Å². The lowest BCUT2D eigenvalue weighted by molar-refractivity contribution is -0.153. The first-order valence-electron chi connectivity index (χ1n) is 9.18. The average molecular weight is 343 g/mol. The van der Waals surface area contributed by atoms with Gasteiger partial charge in [0, 0.05) is 19.5 Å². The molecule has 3 atom stereocenters. The lowest BCUT2D eigenvalue weighted by atomic mass is 9.88. The van der Waals surface area contributed by atoms with Crippen LogP contribution in [-0.4, -0.2) is 45.1 Å². The molecule has 6 nitrogen and oxygen atoms in total. The number of carbonyl (C=O) groups is 2. The van der Waals surface area contributed by atoms with Crippen LogP contribution in [0.3, 0.4) is 0 Å². The molecule has 2 N–H and O–H groups in total. The Kier molecular flexibility index (Phi) is 4.04. The Balaban J connectivity index is 1.68. The predicted octanol–water partition coefficient (Wildman–Crippen LogP) is 1.57. The molecule has 2 aliphatic heterocycles. The number of rotatable bonds is 2. The van der Waals surface area contributed by atoms with Crippen molar-refractivity contribution in [3.05, 3.63) is 35.9 Å². The third-order valence-corrected chi connectivity index (χ3v) is 5.96. The van der Waals surface area contributed by atoms with Crippen LogP contribution < -0.4 is 5.43 Å². The van der Waals surface area contributed by atoms with Gasteiger partial charge in [-0.25, -0.2) is 0 Å². The van der Waals surface area contributed by atoms with Crippen molar-refractivity contribution in [2.24, 2.45) is 5.92 Å². The van der Waals surface area contributed by atoms with Gasteiger partial charge in [-0.1, -0.05) is 49.6 Å². The molecule has 0 aromatic heterocycles. The van der Waals surface area contributed by atoms with Crippen molar-refractivity contribution >= 4 is 11.8 Å². The van der Waals surface area contributed by atoms with Crippen LogP contribution in [0.25, 0.3) is 0 Å². The van der Waals surface area contributed by atoms with Crippen LogP contribution in [0.2, 0.25) is 0 Å². The minimum atomic E-state index is -1.69. The Bertz CT molecular complexity index is 674. The molecule has 0 radical (unpaired) electrons. The fraction of sp³-hybridized carbons (Fsp3) is 0.579. The van der Waals surface area contributed by atoms with Gasteiger partial charge in [0.25, 0.3) is 5.91 Å². The molecule has 3 fully saturated rings. The smallest absolute Gasteiger partial charge is 0.272 e. The van der Waals surface area contributed by atoms with Crippen molar-refractivity contribution in [2.75, 3.05) is 6.54 Å². The first-order valence-corrected chi connectivity index (χ1v) is 9.18. The SMILES string of the molecule is CC(=O)N1N[C@]2(O)C(=O)N(C3CCCCC3)C[C@H]2[C@@H]1c1ccccc1. The molecule has 4 rings (SSSR count). The van der Waals surface area contributed by atoms with Gasteiger partial charge in [-0.3, -0.25) is 14.6 Å². The van der Waals surface area contributed by atoms with E-state index in [0.717, 1.165) is 31.2 Å². The number of hydrogen-bond donors (Lipinski definition) is 2. The van der Waals surface area contributed by atoms with E-state index in [1.165, 1.54) is 18.4 Å². The van der Waals surface area contributed by atoms with Crippen LogP contribution in [0.4, 0.5) is 0 Å². The zero-order valence-electron chi connectivity index (χ0n) is 14.5. The Morgan fingerprint density at radius 3 is 2.52 bits per heavy atom. The van der Waals surface area contributed by atoms with Gasteiger partial charge in [-0.2, -0.15) is 5.43 Å². The molecule has 6 heteroatoms. The molecular formula is C19H25N3O3. The molecule has 1 saturated carbocycles. The molecule has 3 aliphatic rings. The number of carbonyl (C=O) groups excluding carboxylic acids is 2. The van der Waals surface area contributed by atoms with Crippen molar-refractivity contribution in [3.63, 3.8) is 0 Å². The van der Waals surface area contributed by atoms with Crippen molar-refractivity contribution in [3.8, 4) is 0 Å². The molecule has 1 aromatic carbocycles. The van der Waals surface area contributed by atoms with Crippen molar-refractivity contribution in [2.45, 2.75) is 56.8 Å². The Hall–Kier alpha value is -1.92. The summed E-state index contributed by atoms with van der Waals surface area (Å²) >= 11 is 0. The highest BCUT2D eigenvalue weighted by atomic mass is 16.3. The summed E-state index contributed by atoms with van der Waals surface area (Å²) in [6.07, 6.45) is 5.48. The second kappa shape index (κ2) is 6.11. The number of hydrogen-bond acceptors (Lipinski definition) is 4. The standard InChI is InChI=1S/C19H25N3O3/c1-13(23)22-17(14-8-4-2-5-9-14)16-12-21(15-10-6-3-7-11-15)18(24)19(16,25)20-22/h2,4-5,8-9,15-17,20,25H,3,6-7,10-12H2,1H3/t16-,17-,19+/m0/s1. The number of nitrogens with zero attached hydrogens (tertiary/aromatic N) is 2. The van der Waals surface area contributed by atoms with E-state index in [-0.39, 0.29) is 29.8 Å². The van der Waals surface area contributed by atoms with Gasteiger partial charge in [0.05, 0.1) is 12.0 Å². The van der Waals surface area contributed by atoms with E-state index in [1.54, 1.807) is 0 Å². The number of fused-ring (bicyclic) bond motifs is 1. The molecule has 0 spiro atoms. The molecule has 0 unspecified atom stereocenters. The maximum Gasteiger partial charge on any atom is 0.272 e. The van der Waals surface area contributed by atoms with Crippen LogP contribution in [0.1, 0.15) is 50.6 Å². The molecule has 2 heterocycles. The van der Waals surface area contributed by atoms with E-state index >= 15 is 0 Å². The second-order valence-corrected chi connectivity index (χ2v) is 7.48. The summed E-state index contributed by atoms with van der Waals surface area (Å²) < 4.78 is 0. The first-order chi connectivity index (χ1) is 12.0. The number of aliphatic hydroxyl groups is 1. The summed E-state index contributed by atoms with van der Waals surface area (Å²) in [6, 6.07) is 9.51. The van der Waals surface area contributed by atoms with E-state index in [0.29, 0.717) is 6.54 Å². The summed E-state index contributed by atoms with van der Waals surface area (Å²) in [5.41, 5.74) is 2.09. The largest absolute Gasteiger partial charge is 0.366 e. The summed E-state index contributed by atoms with van der Waals surface area (Å²) in [7, 11) is 0. The topological polar surface area (TPSA) is 72.9 Å². The maximum absolute atomic E-state index is 13.0. The first kappa shape index (κ1) is 16.5. The van der Waals surface area contributed by atoms with E-state index in [1.807, 2.05) is 35.2 Å². The van der Waals surface area contributed by atoms with E-state index < -0.39 is 5.72 Å². The van der Waals surface area contributed by atoms with Crippen LogP contribution in [0.15, 0.2) is 30.3 Å². The van der Waals surface area contributed by atoms with Gasteiger partial charge in [-0.05, 0) is 18.4 Å². The quantitative estimate of drug-likeness (QED) is 0.855.